The summed E-state index contributed by atoms with van der Waals surface area (Å²) in [4.78, 5) is 3.85. The van der Waals surface area contributed by atoms with Crippen LogP contribution in [0.1, 0.15) is 58.2 Å². The van der Waals surface area contributed by atoms with E-state index in [0.717, 1.165) is 5.69 Å². The standard InChI is InChI=1S/C53H46N2/c1-32-23-25-37(30-44(32)41-20-14-21-43-49-38-16-9-8-15-33(38)24-26-46(49)54-51(41)43)55-47-22-13-12-19-42(47)50-40-18-11-10-17-39(40)45(31-48(50)55)34-27-35(52(2,3)4)29-36(28-34)53(5,6)7/h8-31,54H,1-7H3. The van der Waals surface area contributed by atoms with Gasteiger partial charge in [-0.05, 0) is 103 Å². The first-order valence-electron chi connectivity index (χ1n) is 19.6. The Morgan fingerprint density at radius 2 is 1.11 bits per heavy atom. The maximum Gasteiger partial charge on any atom is 0.0553 e. The van der Waals surface area contributed by atoms with Crippen molar-refractivity contribution in [3.63, 3.8) is 0 Å². The number of hydrogen-bond donors (Lipinski definition) is 1. The van der Waals surface area contributed by atoms with Gasteiger partial charge in [-0.2, -0.15) is 0 Å². The third kappa shape index (κ3) is 5.23. The molecule has 2 heterocycles. The van der Waals surface area contributed by atoms with Crippen molar-refractivity contribution in [3.05, 3.63) is 162 Å². The van der Waals surface area contributed by atoms with Gasteiger partial charge >= 0.3 is 0 Å². The minimum atomic E-state index is 0.0179. The average Bonchev–Trinajstić information content (AvgIpc) is 3.73. The van der Waals surface area contributed by atoms with Gasteiger partial charge in [-0.15, -0.1) is 0 Å². The number of aryl methyl sites for hydroxylation is 1. The van der Waals surface area contributed by atoms with Gasteiger partial charge in [0.05, 0.1) is 16.6 Å². The Labute approximate surface area is 323 Å². The number of H-pyrrole nitrogens is 1. The maximum absolute atomic E-state index is 3.85. The second kappa shape index (κ2) is 11.9. The minimum Gasteiger partial charge on any atom is -0.354 e. The summed E-state index contributed by atoms with van der Waals surface area (Å²) in [6, 6.07) is 54.6. The van der Waals surface area contributed by atoms with E-state index in [2.05, 4.69) is 204 Å². The quantitative estimate of drug-likeness (QED) is 0.188. The topological polar surface area (TPSA) is 20.7 Å². The fourth-order valence-corrected chi connectivity index (χ4v) is 8.96. The molecule has 2 heteroatoms. The molecular formula is C53H46N2. The van der Waals surface area contributed by atoms with Gasteiger partial charge in [0.15, 0.2) is 0 Å². The number of nitrogens with one attached hydrogen (secondary N) is 1. The zero-order valence-corrected chi connectivity index (χ0v) is 32.8. The molecule has 0 saturated heterocycles. The molecule has 0 unspecified atom stereocenters. The van der Waals surface area contributed by atoms with Gasteiger partial charge in [0.2, 0.25) is 0 Å². The van der Waals surface area contributed by atoms with E-state index in [1.807, 2.05) is 0 Å². The monoisotopic (exact) mass is 710 g/mol. The number of rotatable bonds is 3. The van der Waals surface area contributed by atoms with Crippen molar-refractivity contribution in [3.8, 4) is 27.9 Å². The zero-order valence-electron chi connectivity index (χ0n) is 32.8. The third-order valence-electron chi connectivity index (χ3n) is 11.9. The van der Waals surface area contributed by atoms with Gasteiger partial charge in [-0.25, -0.2) is 0 Å². The molecule has 2 aromatic heterocycles. The van der Waals surface area contributed by atoms with Crippen LogP contribution in [0.3, 0.4) is 0 Å². The van der Waals surface area contributed by atoms with Crippen molar-refractivity contribution >= 4 is 65.2 Å². The van der Waals surface area contributed by atoms with Gasteiger partial charge < -0.3 is 9.55 Å². The Morgan fingerprint density at radius 1 is 0.455 bits per heavy atom. The van der Waals surface area contributed by atoms with E-state index in [9.17, 15) is 0 Å². The van der Waals surface area contributed by atoms with Gasteiger partial charge in [0, 0.05) is 38.3 Å². The first-order valence-corrected chi connectivity index (χ1v) is 19.6. The molecule has 0 aliphatic carbocycles. The van der Waals surface area contributed by atoms with E-state index in [0.29, 0.717) is 0 Å². The van der Waals surface area contributed by atoms with E-state index in [1.165, 1.54) is 104 Å². The van der Waals surface area contributed by atoms with Crippen LogP contribution in [0.25, 0.3) is 93.1 Å². The highest BCUT2D eigenvalue weighted by molar-refractivity contribution is 6.25. The number of aromatic nitrogens is 2. The van der Waals surface area contributed by atoms with Crippen LogP contribution in [-0.4, -0.2) is 9.55 Å². The highest BCUT2D eigenvalue weighted by Crippen LogP contribution is 2.44. The molecule has 8 aromatic carbocycles. The number of fused-ring (bicyclic) bond motifs is 10. The number of benzene rings is 8. The molecular weight excluding hydrogens is 665 g/mol. The van der Waals surface area contributed by atoms with Crippen LogP contribution in [0.2, 0.25) is 0 Å². The Morgan fingerprint density at radius 3 is 1.85 bits per heavy atom. The largest absolute Gasteiger partial charge is 0.354 e. The van der Waals surface area contributed by atoms with Crippen LogP contribution in [0, 0.1) is 6.92 Å². The van der Waals surface area contributed by atoms with Crippen molar-refractivity contribution in [2.75, 3.05) is 0 Å². The molecule has 0 amide bonds. The van der Waals surface area contributed by atoms with E-state index >= 15 is 0 Å². The van der Waals surface area contributed by atoms with Gasteiger partial charge in [0.1, 0.15) is 0 Å². The number of aromatic amines is 1. The lowest BCUT2D eigenvalue weighted by Gasteiger charge is -2.26. The van der Waals surface area contributed by atoms with Crippen LogP contribution < -0.4 is 0 Å². The van der Waals surface area contributed by atoms with Crippen LogP contribution in [0.4, 0.5) is 0 Å². The molecule has 0 atom stereocenters. The predicted octanol–water partition coefficient (Wildman–Crippen LogP) is 15.0. The van der Waals surface area contributed by atoms with E-state index < -0.39 is 0 Å². The fraction of sp³-hybridized carbons (Fsp3) is 0.170. The molecule has 0 fully saturated rings. The van der Waals surface area contributed by atoms with Crippen molar-refractivity contribution in [2.24, 2.45) is 0 Å². The predicted molar refractivity (Wildman–Crippen MR) is 238 cm³/mol. The van der Waals surface area contributed by atoms with Crippen LogP contribution in [-0.2, 0) is 10.8 Å². The molecule has 0 aliphatic heterocycles. The molecule has 0 radical (unpaired) electrons. The van der Waals surface area contributed by atoms with Crippen molar-refractivity contribution in [2.45, 2.75) is 59.3 Å². The first kappa shape index (κ1) is 33.4. The lowest BCUT2D eigenvalue weighted by molar-refractivity contribution is 0.569. The minimum absolute atomic E-state index is 0.0179. The molecule has 0 aliphatic rings. The first-order chi connectivity index (χ1) is 26.5. The summed E-state index contributed by atoms with van der Waals surface area (Å²) < 4.78 is 2.50. The van der Waals surface area contributed by atoms with E-state index in [-0.39, 0.29) is 10.8 Å². The Kier molecular flexibility index (Phi) is 7.26. The smallest absolute Gasteiger partial charge is 0.0553 e. The molecule has 268 valence electrons. The highest BCUT2D eigenvalue weighted by Gasteiger charge is 2.24. The molecule has 0 bridgehead atoms. The average molecular weight is 711 g/mol. The van der Waals surface area contributed by atoms with Gasteiger partial charge in [-0.3, -0.25) is 0 Å². The number of para-hydroxylation sites is 2. The second-order valence-corrected chi connectivity index (χ2v) is 17.6. The summed E-state index contributed by atoms with van der Waals surface area (Å²) in [6.45, 7) is 16.2. The molecule has 10 aromatic rings. The van der Waals surface area contributed by atoms with E-state index in [1.54, 1.807) is 0 Å². The molecule has 10 rings (SSSR count). The lowest BCUT2D eigenvalue weighted by Crippen LogP contribution is -2.16. The van der Waals surface area contributed by atoms with Crippen molar-refractivity contribution in [1.82, 2.24) is 9.55 Å². The molecule has 55 heavy (non-hydrogen) atoms. The summed E-state index contributed by atoms with van der Waals surface area (Å²) in [6.07, 6.45) is 0. The molecule has 2 nitrogen and oxygen atoms in total. The fourth-order valence-electron chi connectivity index (χ4n) is 8.96. The summed E-state index contributed by atoms with van der Waals surface area (Å²) in [5.74, 6) is 0. The number of nitrogens with zero attached hydrogens (tertiary/aromatic N) is 1. The molecule has 1 N–H and O–H groups in total. The summed E-state index contributed by atoms with van der Waals surface area (Å²) in [5.41, 5.74) is 14.9. The van der Waals surface area contributed by atoms with Crippen molar-refractivity contribution in [1.29, 1.82) is 0 Å². The Balaban J connectivity index is 1.26. The summed E-state index contributed by atoms with van der Waals surface area (Å²) in [7, 11) is 0. The highest BCUT2D eigenvalue weighted by atomic mass is 15.0. The zero-order chi connectivity index (χ0) is 37.8. The molecule has 0 saturated carbocycles. The van der Waals surface area contributed by atoms with Gasteiger partial charge in [-0.1, -0.05) is 157 Å². The SMILES string of the molecule is Cc1ccc(-n2c3ccccc3c3c4ccccc4c(-c4cc(C(C)(C)C)cc(C(C)(C)C)c4)cc32)cc1-c1cccc2c1[nH]c1ccc3ccccc3c12. The van der Waals surface area contributed by atoms with E-state index in [4.69, 9.17) is 0 Å². The lowest BCUT2D eigenvalue weighted by atomic mass is 9.78. The normalized spacial score (nSPS) is 12.6. The maximum atomic E-state index is 3.85. The van der Waals surface area contributed by atoms with Gasteiger partial charge in [0.25, 0.3) is 0 Å². The summed E-state index contributed by atoms with van der Waals surface area (Å²) >= 11 is 0. The number of hydrogen-bond acceptors (Lipinski definition) is 0. The molecule has 0 spiro atoms. The van der Waals surface area contributed by atoms with Crippen LogP contribution >= 0.6 is 0 Å². The van der Waals surface area contributed by atoms with Crippen LogP contribution in [0.5, 0.6) is 0 Å². The van der Waals surface area contributed by atoms with Crippen molar-refractivity contribution < 1.29 is 0 Å². The Bertz CT molecular complexity index is 3140. The van der Waals surface area contributed by atoms with Crippen LogP contribution in [0.15, 0.2) is 146 Å². The summed E-state index contributed by atoms with van der Waals surface area (Å²) in [5, 5.41) is 10.2. The third-order valence-corrected chi connectivity index (χ3v) is 11.9. The second-order valence-electron chi connectivity index (χ2n) is 17.6. The Hall–Kier alpha value is -6.12.